The molecule has 138 valence electrons. The van der Waals surface area contributed by atoms with E-state index in [2.05, 4.69) is 5.32 Å². The van der Waals surface area contributed by atoms with E-state index in [9.17, 15) is 23.5 Å². The molecule has 2 aromatic rings. The number of rotatable bonds is 6. The van der Waals surface area contributed by atoms with E-state index in [1.807, 2.05) is 0 Å². The van der Waals surface area contributed by atoms with Crippen molar-refractivity contribution in [3.63, 3.8) is 0 Å². The number of esters is 1. The summed E-state index contributed by atoms with van der Waals surface area (Å²) in [5.41, 5.74) is -0.0323. The van der Waals surface area contributed by atoms with Crippen molar-refractivity contribution in [2.24, 2.45) is 0 Å². The number of carbonyl (C=O) groups excluding carboxylic acids is 2. The van der Waals surface area contributed by atoms with Crippen molar-refractivity contribution < 1.29 is 33.0 Å². The van der Waals surface area contributed by atoms with Crippen molar-refractivity contribution in [1.29, 1.82) is 0 Å². The van der Waals surface area contributed by atoms with Crippen LogP contribution < -0.4 is 10.1 Å². The quantitative estimate of drug-likeness (QED) is 0.769. The summed E-state index contributed by atoms with van der Waals surface area (Å²) in [5, 5.41) is 12.2. The Labute approximate surface area is 148 Å². The zero-order chi connectivity index (χ0) is 19.3. The van der Waals surface area contributed by atoms with Crippen LogP contribution in [0.2, 0.25) is 0 Å². The van der Waals surface area contributed by atoms with Crippen LogP contribution in [0, 0.1) is 11.6 Å². The average Bonchev–Trinajstić information content (AvgIpc) is 2.59. The van der Waals surface area contributed by atoms with Gasteiger partial charge in [-0.15, -0.1) is 0 Å². The number of phenolic OH excluding ortho intramolecular Hbond substituents is 1. The lowest BCUT2D eigenvalue weighted by atomic mass is 10.1. The first-order valence-electron chi connectivity index (χ1n) is 7.60. The minimum Gasteiger partial charge on any atom is -0.507 e. The Morgan fingerprint density at radius 2 is 1.92 bits per heavy atom. The van der Waals surface area contributed by atoms with Gasteiger partial charge in [-0.2, -0.15) is 0 Å². The third-order valence-corrected chi connectivity index (χ3v) is 3.57. The number of hydrogen-bond donors (Lipinski definition) is 2. The summed E-state index contributed by atoms with van der Waals surface area (Å²) >= 11 is 0. The molecular formula is C18H17F2NO5. The van der Waals surface area contributed by atoms with Crippen molar-refractivity contribution in [1.82, 2.24) is 5.32 Å². The molecule has 2 N–H and O–H groups in total. The fourth-order valence-electron chi connectivity index (χ4n) is 2.23. The Balaban J connectivity index is 1.92. The number of nitrogens with one attached hydrogen (secondary N) is 1. The Morgan fingerprint density at radius 3 is 2.54 bits per heavy atom. The van der Waals surface area contributed by atoms with Gasteiger partial charge >= 0.3 is 5.97 Å². The normalized spacial score (nSPS) is 11.5. The fraction of sp³-hybridized carbons (Fsp3) is 0.222. The van der Waals surface area contributed by atoms with Crippen molar-refractivity contribution in [3.05, 3.63) is 59.2 Å². The van der Waals surface area contributed by atoms with Crippen molar-refractivity contribution in [3.8, 4) is 11.5 Å². The third kappa shape index (κ3) is 4.69. The molecule has 0 saturated heterocycles. The first-order chi connectivity index (χ1) is 12.3. The lowest BCUT2D eigenvalue weighted by Gasteiger charge is -2.15. The molecular weight excluding hydrogens is 348 g/mol. The summed E-state index contributed by atoms with van der Waals surface area (Å²) in [6, 6.07) is 6.24. The highest BCUT2D eigenvalue weighted by Gasteiger charge is 2.18. The molecule has 0 aliphatic heterocycles. The third-order valence-electron chi connectivity index (χ3n) is 3.57. The van der Waals surface area contributed by atoms with Crippen molar-refractivity contribution in [2.45, 2.75) is 13.0 Å². The smallest absolute Gasteiger partial charge is 0.342 e. The van der Waals surface area contributed by atoms with Gasteiger partial charge in [-0.1, -0.05) is 6.07 Å². The van der Waals surface area contributed by atoms with Crippen LogP contribution in [0.25, 0.3) is 0 Å². The number of halogens is 2. The van der Waals surface area contributed by atoms with Gasteiger partial charge in [0.05, 0.1) is 13.2 Å². The molecule has 26 heavy (non-hydrogen) atoms. The highest BCUT2D eigenvalue weighted by atomic mass is 19.1. The zero-order valence-corrected chi connectivity index (χ0v) is 14.1. The van der Waals surface area contributed by atoms with Crippen LogP contribution in [0.1, 0.15) is 28.9 Å². The van der Waals surface area contributed by atoms with Crippen LogP contribution in [0.3, 0.4) is 0 Å². The molecule has 0 bridgehead atoms. The first kappa shape index (κ1) is 19.2. The molecule has 1 atom stereocenters. The summed E-state index contributed by atoms with van der Waals surface area (Å²) in [4.78, 5) is 23.8. The molecule has 1 unspecified atom stereocenters. The van der Waals surface area contributed by atoms with Crippen LogP contribution >= 0.6 is 0 Å². The Bertz CT molecular complexity index is 825. The fourth-order valence-corrected chi connectivity index (χ4v) is 2.23. The molecule has 0 heterocycles. The minimum absolute atomic E-state index is 0.0962. The number of aromatic hydroxyl groups is 1. The summed E-state index contributed by atoms with van der Waals surface area (Å²) in [6.07, 6.45) is 0. The molecule has 1 amide bonds. The lowest BCUT2D eigenvalue weighted by Crippen LogP contribution is -2.31. The second-order valence-electron chi connectivity index (χ2n) is 5.41. The Kier molecular flexibility index (Phi) is 6.11. The zero-order valence-electron chi connectivity index (χ0n) is 14.1. The topological polar surface area (TPSA) is 84.9 Å². The lowest BCUT2D eigenvalue weighted by molar-refractivity contribution is -0.124. The van der Waals surface area contributed by atoms with E-state index in [-0.39, 0.29) is 16.9 Å². The van der Waals surface area contributed by atoms with Gasteiger partial charge in [0, 0.05) is 17.7 Å². The summed E-state index contributed by atoms with van der Waals surface area (Å²) in [6.45, 7) is 0.878. The summed E-state index contributed by atoms with van der Waals surface area (Å²) < 4.78 is 36.3. The number of carbonyl (C=O) groups is 2. The maximum atomic E-state index is 13.7. The van der Waals surface area contributed by atoms with Crippen LogP contribution in [-0.2, 0) is 9.53 Å². The van der Waals surface area contributed by atoms with Gasteiger partial charge < -0.3 is 19.9 Å². The van der Waals surface area contributed by atoms with E-state index in [1.165, 1.54) is 38.3 Å². The van der Waals surface area contributed by atoms with Crippen LogP contribution in [-0.4, -0.2) is 30.7 Å². The molecule has 0 aliphatic carbocycles. The number of benzene rings is 2. The number of phenols is 1. The summed E-state index contributed by atoms with van der Waals surface area (Å²) in [7, 11) is 1.40. The van der Waals surface area contributed by atoms with E-state index < -0.39 is 36.2 Å². The van der Waals surface area contributed by atoms with E-state index >= 15 is 0 Å². The van der Waals surface area contributed by atoms with E-state index in [4.69, 9.17) is 9.47 Å². The first-order valence-corrected chi connectivity index (χ1v) is 7.60. The number of ether oxygens (including phenoxy) is 2. The van der Waals surface area contributed by atoms with Crippen molar-refractivity contribution >= 4 is 11.9 Å². The monoisotopic (exact) mass is 365 g/mol. The number of methoxy groups -OCH3 is 1. The molecule has 8 heteroatoms. The minimum atomic E-state index is -0.902. The van der Waals surface area contributed by atoms with Crippen LogP contribution in [0.15, 0.2) is 36.4 Å². The SMILES string of the molecule is COc1ccc(C(=O)OCC(=O)NC(C)c2ccc(F)cc2F)c(O)c1. The van der Waals surface area contributed by atoms with Crippen molar-refractivity contribution in [2.75, 3.05) is 13.7 Å². The highest BCUT2D eigenvalue weighted by Crippen LogP contribution is 2.24. The average molecular weight is 365 g/mol. The van der Waals surface area contributed by atoms with Gasteiger partial charge in [0.15, 0.2) is 6.61 Å². The molecule has 0 fully saturated rings. The van der Waals surface area contributed by atoms with E-state index in [0.717, 1.165) is 6.07 Å². The molecule has 0 aliphatic rings. The predicted molar refractivity (Wildman–Crippen MR) is 87.9 cm³/mol. The van der Waals surface area contributed by atoms with Crippen LogP contribution in [0.4, 0.5) is 8.78 Å². The number of amides is 1. The maximum Gasteiger partial charge on any atom is 0.342 e. The molecule has 2 rings (SSSR count). The largest absolute Gasteiger partial charge is 0.507 e. The molecule has 0 aromatic heterocycles. The highest BCUT2D eigenvalue weighted by molar-refractivity contribution is 5.94. The predicted octanol–water partition coefficient (Wildman–Crippen LogP) is 2.71. The van der Waals surface area contributed by atoms with E-state index in [0.29, 0.717) is 11.8 Å². The second-order valence-corrected chi connectivity index (χ2v) is 5.41. The van der Waals surface area contributed by atoms with Crippen LogP contribution in [0.5, 0.6) is 11.5 Å². The van der Waals surface area contributed by atoms with Gasteiger partial charge in [0.25, 0.3) is 5.91 Å². The second kappa shape index (κ2) is 8.28. The summed E-state index contributed by atoms with van der Waals surface area (Å²) in [5.74, 6) is -3.09. The van der Waals surface area contributed by atoms with Gasteiger partial charge in [-0.05, 0) is 25.1 Å². The van der Waals surface area contributed by atoms with Gasteiger partial charge in [0.1, 0.15) is 28.7 Å². The molecule has 0 radical (unpaired) electrons. The Morgan fingerprint density at radius 1 is 1.19 bits per heavy atom. The standard InChI is InChI=1S/C18H17F2NO5/c1-10(13-5-3-11(19)7-15(13)20)21-17(23)9-26-18(24)14-6-4-12(25-2)8-16(14)22/h3-8,10,22H,9H2,1-2H3,(H,21,23). The molecule has 0 spiro atoms. The van der Waals surface area contributed by atoms with Gasteiger partial charge in [0.2, 0.25) is 0 Å². The van der Waals surface area contributed by atoms with Gasteiger partial charge in [-0.3, -0.25) is 4.79 Å². The molecule has 0 saturated carbocycles. The Hall–Kier alpha value is -3.16. The van der Waals surface area contributed by atoms with E-state index in [1.54, 1.807) is 0 Å². The molecule has 2 aromatic carbocycles. The number of hydrogen-bond acceptors (Lipinski definition) is 5. The van der Waals surface area contributed by atoms with Gasteiger partial charge in [-0.25, -0.2) is 13.6 Å². The molecule has 6 nitrogen and oxygen atoms in total. The maximum absolute atomic E-state index is 13.7.